The van der Waals surface area contributed by atoms with Gasteiger partial charge in [-0.15, -0.1) is 11.6 Å². The van der Waals surface area contributed by atoms with Gasteiger partial charge < -0.3 is 0 Å². The number of aryl methyl sites for hydroxylation is 1. The van der Waals surface area contributed by atoms with Crippen molar-refractivity contribution in [2.24, 2.45) is 0 Å². The first-order chi connectivity index (χ1) is 6.07. The predicted molar refractivity (Wildman–Crippen MR) is 57.4 cm³/mol. The van der Waals surface area contributed by atoms with Gasteiger partial charge in [-0.2, -0.15) is 0 Å². The summed E-state index contributed by atoms with van der Waals surface area (Å²) in [4.78, 5) is 4.35. The van der Waals surface area contributed by atoms with Gasteiger partial charge in [-0.3, -0.25) is 4.98 Å². The molecule has 0 aliphatic rings. The minimum atomic E-state index is 0.524. The second-order valence-corrected chi connectivity index (χ2v) is 3.96. The topological polar surface area (TPSA) is 12.9 Å². The summed E-state index contributed by atoms with van der Waals surface area (Å²) < 4.78 is 0. The average Bonchev–Trinajstić information content (AvgIpc) is 2.04. The molecular weight excluding hydrogens is 182 g/mol. The van der Waals surface area contributed by atoms with Crippen molar-refractivity contribution in [2.75, 3.05) is 0 Å². The van der Waals surface area contributed by atoms with Crippen molar-refractivity contribution in [3.63, 3.8) is 0 Å². The van der Waals surface area contributed by atoms with Crippen LogP contribution in [-0.2, 0) is 5.88 Å². The molecule has 0 radical (unpaired) electrons. The van der Waals surface area contributed by atoms with Crippen LogP contribution in [0.3, 0.4) is 0 Å². The zero-order valence-corrected chi connectivity index (χ0v) is 9.44. The van der Waals surface area contributed by atoms with Crippen molar-refractivity contribution < 1.29 is 0 Å². The van der Waals surface area contributed by atoms with E-state index >= 15 is 0 Å². The summed E-state index contributed by atoms with van der Waals surface area (Å²) in [5.74, 6) is 1.08. The van der Waals surface area contributed by atoms with Gasteiger partial charge in [0.2, 0.25) is 0 Å². The number of rotatable bonds is 2. The number of alkyl halides is 1. The number of halogens is 1. The predicted octanol–water partition coefficient (Wildman–Crippen LogP) is 3.56. The molecule has 0 aliphatic heterocycles. The van der Waals surface area contributed by atoms with E-state index in [4.69, 9.17) is 11.6 Å². The molecule has 0 unspecified atom stereocenters. The standard InChI is InChI=1S/C11H16ClN/c1-7(2)11-8(3)10(5-12)6-13-9(11)4/h6-7H,5H2,1-4H3. The molecule has 1 rings (SSSR count). The van der Waals surface area contributed by atoms with E-state index in [0.717, 1.165) is 11.3 Å². The quantitative estimate of drug-likeness (QED) is 0.661. The smallest absolute Gasteiger partial charge is 0.0492 e. The first kappa shape index (κ1) is 10.5. The minimum Gasteiger partial charge on any atom is -0.261 e. The number of hydrogen-bond acceptors (Lipinski definition) is 1. The Morgan fingerprint density at radius 3 is 2.46 bits per heavy atom. The molecule has 0 aromatic carbocycles. The van der Waals surface area contributed by atoms with Gasteiger partial charge in [0.25, 0.3) is 0 Å². The Bertz CT molecular complexity index is 305. The number of nitrogens with zero attached hydrogens (tertiary/aromatic N) is 1. The number of aromatic nitrogens is 1. The van der Waals surface area contributed by atoms with E-state index in [1.165, 1.54) is 11.1 Å². The van der Waals surface area contributed by atoms with Crippen molar-refractivity contribution in [3.8, 4) is 0 Å². The monoisotopic (exact) mass is 197 g/mol. The lowest BCUT2D eigenvalue weighted by Crippen LogP contribution is -2.02. The summed E-state index contributed by atoms with van der Waals surface area (Å²) in [6.07, 6.45) is 1.88. The van der Waals surface area contributed by atoms with Crippen molar-refractivity contribution in [1.29, 1.82) is 0 Å². The molecule has 0 spiro atoms. The fourth-order valence-electron chi connectivity index (χ4n) is 1.77. The van der Waals surface area contributed by atoms with E-state index in [1.807, 2.05) is 6.20 Å². The van der Waals surface area contributed by atoms with E-state index < -0.39 is 0 Å². The Hall–Kier alpha value is -0.560. The van der Waals surface area contributed by atoms with Gasteiger partial charge in [-0.1, -0.05) is 13.8 Å². The van der Waals surface area contributed by atoms with Gasteiger partial charge in [0.15, 0.2) is 0 Å². The van der Waals surface area contributed by atoms with Gasteiger partial charge in [-0.05, 0) is 36.5 Å². The SMILES string of the molecule is Cc1ncc(CCl)c(C)c1C(C)C. The van der Waals surface area contributed by atoms with Crippen LogP contribution in [0.4, 0.5) is 0 Å². The molecule has 2 heteroatoms. The van der Waals surface area contributed by atoms with Crippen LogP contribution in [-0.4, -0.2) is 4.98 Å². The molecule has 0 bridgehead atoms. The van der Waals surface area contributed by atoms with E-state index in [9.17, 15) is 0 Å². The van der Waals surface area contributed by atoms with Crippen LogP contribution in [0.1, 0.15) is 42.1 Å². The molecule has 0 N–H and O–H groups in total. The second kappa shape index (κ2) is 4.10. The first-order valence-corrected chi connectivity index (χ1v) is 5.12. The first-order valence-electron chi connectivity index (χ1n) is 4.58. The molecule has 72 valence electrons. The van der Waals surface area contributed by atoms with Crippen LogP contribution < -0.4 is 0 Å². The molecule has 0 saturated heterocycles. The number of hydrogen-bond donors (Lipinski definition) is 0. The summed E-state index contributed by atoms with van der Waals surface area (Å²) in [6.45, 7) is 8.56. The third-order valence-corrected chi connectivity index (χ3v) is 2.70. The van der Waals surface area contributed by atoms with Crippen molar-refractivity contribution >= 4 is 11.6 Å². The second-order valence-electron chi connectivity index (χ2n) is 3.70. The molecule has 0 amide bonds. The maximum atomic E-state index is 5.82. The third kappa shape index (κ3) is 2.02. The van der Waals surface area contributed by atoms with Gasteiger partial charge in [0.1, 0.15) is 0 Å². The normalized spacial score (nSPS) is 10.9. The highest BCUT2D eigenvalue weighted by atomic mass is 35.5. The lowest BCUT2D eigenvalue weighted by Gasteiger charge is -2.14. The van der Waals surface area contributed by atoms with Gasteiger partial charge in [0, 0.05) is 17.8 Å². The van der Waals surface area contributed by atoms with Crippen LogP contribution in [0, 0.1) is 13.8 Å². The van der Waals surface area contributed by atoms with Gasteiger partial charge in [-0.25, -0.2) is 0 Å². The number of pyridine rings is 1. The van der Waals surface area contributed by atoms with Gasteiger partial charge in [0.05, 0.1) is 0 Å². The average molecular weight is 198 g/mol. The molecule has 0 atom stereocenters. The Morgan fingerprint density at radius 2 is 2.00 bits per heavy atom. The van der Waals surface area contributed by atoms with Gasteiger partial charge >= 0.3 is 0 Å². The molecule has 1 aromatic rings. The minimum absolute atomic E-state index is 0.524. The molecule has 0 fully saturated rings. The van der Waals surface area contributed by atoms with E-state index in [-0.39, 0.29) is 0 Å². The van der Waals surface area contributed by atoms with E-state index in [0.29, 0.717) is 11.8 Å². The highest BCUT2D eigenvalue weighted by Crippen LogP contribution is 2.24. The third-order valence-electron chi connectivity index (χ3n) is 2.41. The van der Waals surface area contributed by atoms with Crippen molar-refractivity contribution in [1.82, 2.24) is 4.98 Å². The van der Waals surface area contributed by atoms with Crippen LogP contribution >= 0.6 is 11.6 Å². The maximum absolute atomic E-state index is 5.82. The molecule has 0 aliphatic carbocycles. The summed E-state index contributed by atoms with van der Waals surface area (Å²) in [6, 6.07) is 0. The Kier molecular flexibility index (Phi) is 3.32. The molecule has 1 aromatic heterocycles. The fraction of sp³-hybridized carbons (Fsp3) is 0.545. The summed E-state index contributed by atoms with van der Waals surface area (Å²) in [5, 5.41) is 0. The molecule has 0 saturated carbocycles. The van der Waals surface area contributed by atoms with Crippen molar-refractivity contribution in [2.45, 2.75) is 39.5 Å². The lowest BCUT2D eigenvalue weighted by atomic mass is 9.94. The zero-order valence-electron chi connectivity index (χ0n) is 8.69. The molecular formula is C11H16ClN. The van der Waals surface area contributed by atoms with E-state index in [2.05, 4.69) is 32.7 Å². The fourth-order valence-corrected chi connectivity index (χ4v) is 2.04. The largest absolute Gasteiger partial charge is 0.261 e. The Morgan fingerprint density at radius 1 is 1.38 bits per heavy atom. The molecule has 13 heavy (non-hydrogen) atoms. The highest BCUT2D eigenvalue weighted by Gasteiger charge is 2.10. The summed E-state index contributed by atoms with van der Waals surface area (Å²) >= 11 is 5.82. The van der Waals surface area contributed by atoms with Crippen LogP contribution in [0.2, 0.25) is 0 Å². The highest BCUT2D eigenvalue weighted by molar-refractivity contribution is 6.17. The molecule has 1 nitrogen and oxygen atoms in total. The van der Waals surface area contributed by atoms with Crippen LogP contribution in [0.5, 0.6) is 0 Å². The zero-order chi connectivity index (χ0) is 10.0. The molecule has 1 heterocycles. The van der Waals surface area contributed by atoms with Crippen molar-refractivity contribution in [3.05, 3.63) is 28.6 Å². The Labute approximate surface area is 85.1 Å². The summed E-state index contributed by atoms with van der Waals surface area (Å²) in [5.41, 5.74) is 4.92. The summed E-state index contributed by atoms with van der Waals surface area (Å²) in [7, 11) is 0. The maximum Gasteiger partial charge on any atom is 0.0492 e. The Balaban J connectivity index is 3.30. The van der Waals surface area contributed by atoms with E-state index in [1.54, 1.807) is 0 Å². The lowest BCUT2D eigenvalue weighted by molar-refractivity contribution is 0.827. The van der Waals surface area contributed by atoms with Crippen LogP contribution in [0.15, 0.2) is 6.20 Å². The van der Waals surface area contributed by atoms with Crippen LogP contribution in [0.25, 0.3) is 0 Å².